The van der Waals surface area contributed by atoms with E-state index < -0.39 is 31.9 Å². The van der Waals surface area contributed by atoms with Crippen molar-refractivity contribution in [1.29, 1.82) is 0 Å². The number of halogens is 2. The molecule has 0 aliphatic carbocycles. The molecule has 0 fully saturated rings. The topological polar surface area (TPSA) is 163 Å². The average Bonchev–Trinajstić information content (AvgIpc) is 4.00. The van der Waals surface area contributed by atoms with Gasteiger partial charge in [-0.15, -0.1) is 0 Å². The van der Waals surface area contributed by atoms with Crippen LogP contribution in [0.2, 0.25) is 0 Å². The predicted octanol–water partition coefficient (Wildman–Crippen LogP) is 12.6. The molecule has 2 aliphatic heterocycles. The fourth-order valence-corrected chi connectivity index (χ4v) is 10.6. The van der Waals surface area contributed by atoms with Gasteiger partial charge < -0.3 is 19.4 Å². The zero-order valence-corrected chi connectivity index (χ0v) is 42.6. The number of hydrogen-bond acceptors (Lipinski definition) is 10. The minimum Gasteiger partial charge on any atom is -0.490 e. The van der Waals surface area contributed by atoms with Crippen LogP contribution in [-0.2, 0) is 28.6 Å². The van der Waals surface area contributed by atoms with Gasteiger partial charge in [0.2, 0.25) is 0 Å². The number of nitrogens with zero attached hydrogens (tertiary/aromatic N) is 2. The highest BCUT2D eigenvalue weighted by molar-refractivity contribution is 7.87. The molecule has 2 aliphatic rings. The number of para-hydroxylation sites is 2. The molecule has 2 N–H and O–H groups in total. The van der Waals surface area contributed by atoms with Gasteiger partial charge in [0.25, 0.3) is 20.2 Å². The smallest absolute Gasteiger partial charge is 0.297 e. The highest BCUT2D eigenvalue weighted by atomic mass is 32.2. The van der Waals surface area contributed by atoms with Crippen molar-refractivity contribution in [2.24, 2.45) is 0 Å². The van der Waals surface area contributed by atoms with E-state index in [4.69, 9.17) is 27.8 Å². The Kier molecular flexibility index (Phi) is 13.6. The number of fused-ring (bicyclic) bond motifs is 8. The molecule has 16 heteroatoms. The summed E-state index contributed by atoms with van der Waals surface area (Å²) in [6, 6.07) is 28.1. The quantitative estimate of drug-likeness (QED) is 0.0792. The van der Waals surface area contributed by atoms with Crippen LogP contribution in [0.25, 0.3) is 66.6 Å². The lowest BCUT2D eigenvalue weighted by Gasteiger charge is -2.14. The van der Waals surface area contributed by atoms with Gasteiger partial charge >= 0.3 is 0 Å². The summed E-state index contributed by atoms with van der Waals surface area (Å²) >= 11 is 0. The Morgan fingerprint density at radius 1 is 0.458 bits per heavy atom. The van der Waals surface area contributed by atoms with Crippen molar-refractivity contribution in [2.45, 2.75) is 65.2 Å². The third-order valence-corrected chi connectivity index (χ3v) is 16.1. The molecule has 9 rings (SSSR count). The Balaban J connectivity index is 1.19. The van der Waals surface area contributed by atoms with Crippen molar-refractivity contribution in [3.63, 3.8) is 0 Å². The lowest BCUT2D eigenvalue weighted by molar-refractivity contribution is 0.221. The monoisotopic (exact) mass is 1010 g/mol. The first-order valence-corrected chi connectivity index (χ1v) is 26.0. The lowest BCUT2D eigenvalue weighted by Crippen LogP contribution is -2.13. The highest BCUT2D eigenvalue weighted by Gasteiger charge is 2.27. The third kappa shape index (κ3) is 9.50. The van der Waals surface area contributed by atoms with Crippen LogP contribution in [0.4, 0.5) is 8.78 Å². The SMILES string of the molecule is CC1=C(C)c2nc1cc1[nH]c(c(C)c1C)c(-c1ccccc1OCCOS(=O)(=O)c1ccc(F)cc1)c1nc(cc3[nH]c(c(C)c3C)c2-c2ccccc2OCCOS(=O)(=O)c2ccc(F)cc2)C(C)=C1C. The van der Waals surface area contributed by atoms with Crippen molar-refractivity contribution >= 4 is 64.6 Å². The minimum absolute atomic E-state index is 0.109. The Hall–Kier alpha value is -7.24. The lowest BCUT2D eigenvalue weighted by atomic mass is 9.96. The number of allylic oxidation sites excluding steroid dienone is 4. The van der Waals surface area contributed by atoms with Crippen molar-refractivity contribution in [1.82, 2.24) is 19.9 Å². The van der Waals surface area contributed by atoms with Gasteiger partial charge in [0.1, 0.15) is 49.6 Å². The number of aromatic nitrogens is 4. The first kappa shape index (κ1) is 49.7. The molecule has 8 bridgehead atoms. The predicted molar refractivity (Wildman–Crippen MR) is 277 cm³/mol. The van der Waals surface area contributed by atoms with Crippen LogP contribution in [-0.4, -0.2) is 63.2 Å². The summed E-state index contributed by atoms with van der Waals surface area (Å²) in [7, 11) is -8.33. The average molecular weight is 1010 g/mol. The summed E-state index contributed by atoms with van der Waals surface area (Å²) in [5.74, 6) is -0.151. The fourth-order valence-electron chi connectivity index (χ4n) is 8.86. The zero-order valence-electron chi connectivity index (χ0n) is 41.0. The molecular formula is C56H52F2N4O8S2. The van der Waals surface area contributed by atoms with Gasteiger partial charge in [-0.2, -0.15) is 16.8 Å². The maximum absolute atomic E-state index is 13.5. The maximum Gasteiger partial charge on any atom is 0.297 e. The van der Waals surface area contributed by atoms with E-state index in [-0.39, 0.29) is 36.2 Å². The normalized spacial score (nSPS) is 13.0. The second kappa shape index (κ2) is 19.8. The first-order chi connectivity index (χ1) is 34.3. The molecule has 0 saturated heterocycles. The fraction of sp³-hybridized carbons (Fsp3) is 0.214. The number of ether oxygens (including phenoxy) is 2. The summed E-state index contributed by atoms with van der Waals surface area (Å²) in [6.45, 7) is 15.6. The van der Waals surface area contributed by atoms with E-state index in [1.807, 2.05) is 76.2 Å². The van der Waals surface area contributed by atoms with Gasteiger partial charge in [0, 0.05) is 33.3 Å². The number of rotatable bonds is 14. The standard InChI is InChI=1S/C56H52F2N4O8S2/c1-31-35(5)53-51(43-13-9-11-15-49(43)67-25-27-69-71(63,64)41-21-17-39(57)18-22-41)54-37(7)33(3)47(61-54)30-48-34(4)38(8)56(62-48)52(55-36(6)32(2)46(60-55)29-45(31)59-53)44-14-10-12-16-50(44)68-26-28-70-72(65,66)42-23-19-40(58)20-24-42/h9-24,29-30,59,62H,25-28H2,1-8H3. The molecule has 0 radical (unpaired) electrons. The zero-order chi connectivity index (χ0) is 51.2. The van der Waals surface area contributed by atoms with Gasteiger partial charge in [0.15, 0.2) is 0 Å². The molecular weight excluding hydrogens is 959 g/mol. The van der Waals surface area contributed by atoms with Crippen LogP contribution in [0.15, 0.2) is 119 Å². The summed E-state index contributed by atoms with van der Waals surface area (Å²) in [6.07, 6.45) is 0. The Bertz CT molecular complexity index is 3540. The van der Waals surface area contributed by atoms with Crippen LogP contribution in [0, 0.1) is 39.3 Å². The number of aryl methyl sites for hydroxylation is 4. The first-order valence-electron chi connectivity index (χ1n) is 23.2. The van der Waals surface area contributed by atoms with E-state index in [1.54, 1.807) is 0 Å². The Morgan fingerprint density at radius 2 is 0.819 bits per heavy atom. The Morgan fingerprint density at radius 3 is 1.19 bits per heavy atom. The summed E-state index contributed by atoms with van der Waals surface area (Å²) in [5, 5.41) is 0. The molecule has 4 aromatic carbocycles. The number of nitrogens with one attached hydrogen (secondary N) is 2. The number of H-pyrrole nitrogens is 2. The van der Waals surface area contributed by atoms with Crippen molar-refractivity contribution < 1.29 is 43.5 Å². The van der Waals surface area contributed by atoms with Gasteiger partial charge in [-0.05, 0) is 173 Å². The van der Waals surface area contributed by atoms with Crippen LogP contribution in [0.5, 0.6) is 11.5 Å². The molecule has 0 unspecified atom stereocenters. The van der Waals surface area contributed by atoms with Gasteiger partial charge in [-0.25, -0.2) is 18.7 Å². The molecule has 3 aromatic heterocycles. The highest BCUT2D eigenvalue weighted by Crippen LogP contribution is 2.45. The van der Waals surface area contributed by atoms with E-state index >= 15 is 0 Å². The maximum atomic E-state index is 13.5. The number of benzene rings is 4. The number of hydrogen-bond donors (Lipinski definition) is 2. The second-order valence-electron chi connectivity index (χ2n) is 17.7. The second-order valence-corrected chi connectivity index (χ2v) is 20.9. The Labute approximate surface area is 417 Å². The summed E-state index contributed by atoms with van der Waals surface area (Å²) in [4.78, 5) is 18.0. The summed E-state index contributed by atoms with van der Waals surface area (Å²) in [5.41, 5.74) is 17.0. The molecule has 72 heavy (non-hydrogen) atoms. The van der Waals surface area contributed by atoms with Gasteiger partial charge in [-0.3, -0.25) is 8.37 Å². The van der Waals surface area contributed by atoms with Crippen LogP contribution in [0.3, 0.4) is 0 Å². The van der Waals surface area contributed by atoms with Crippen molar-refractivity contribution in [3.05, 3.63) is 166 Å². The van der Waals surface area contributed by atoms with Crippen LogP contribution >= 0.6 is 0 Å². The third-order valence-electron chi connectivity index (χ3n) is 13.5. The van der Waals surface area contributed by atoms with E-state index in [2.05, 4.69) is 49.8 Å². The van der Waals surface area contributed by atoms with Gasteiger partial charge in [-0.1, -0.05) is 36.4 Å². The van der Waals surface area contributed by atoms with E-state index in [9.17, 15) is 25.6 Å². The molecule has 370 valence electrons. The van der Waals surface area contributed by atoms with Crippen LogP contribution < -0.4 is 9.47 Å². The summed E-state index contributed by atoms with van der Waals surface area (Å²) < 4.78 is 102. The molecule has 12 nitrogen and oxygen atoms in total. The molecule has 0 spiro atoms. The van der Waals surface area contributed by atoms with Crippen LogP contribution in [0.1, 0.15) is 72.7 Å². The van der Waals surface area contributed by atoms with Crippen molar-refractivity contribution in [2.75, 3.05) is 26.4 Å². The number of aromatic amines is 2. The van der Waals surface area contributed by atoms with Crippen molar-refractivity contribution in [3.8, 4) is 33.8 Å². The van der Waals surface area contributed by atoms with E-state index in [0.717, 1.165) is 160 Å². The minimum atomic E-state index is -4.17. The van der Waals surface area contributed by atoms with E-state index in [0.29, 0.717) is 11.5 Å². The molecule has 7 aromatic rings. The largest absolute Gasteiger partial charge is 0.490 e. The van der Waals surface area contributed by atoms with Gasteiger partial charge in [0.05, 0.1) is 43.6 Å². The molecule has 0 atom stereocenters. The molecule has 5 heterocycles. The van der Waals surface area contributed by atoms with E-state index in [1.165, 1.54) is 0 Å². The molecule has 0 amide bonds. The molecule has 0 saturated carbocycles.